The number of hydrogen-bond donors (Lipinski definition) is 17. The van der Waals surface area contributed by atoms with E-state index >= 15 is 14.4 Å². The summed E-state index contributed by atoms with van der Waals surface area (Å²) in [6.45, 7) is 26.0. The van der Waals surface area contributed by atoms with Crippen molar-refractivity contribution in [3.8, 4) is 0 Å². The van der Waals surface area contributed by atoms with Crippen molar-refractivity contribution in [3.05, 3.63) is 35.9 Å². The molecule has 1 heterocycles. The summed E-state index contributed by atoms with van der Waals surface area (Å²) in [6, 6.07) is -10.6. The number of benzene rings is 1. The van der Waals surface area contributed by atoms with Crippen molar-refractivity contribution >= 4 is 77.0 Å². The number of ether oxygens (including phenoxy) is 1. The first-order valence-electron chi connectivity index (χ1n) is 33.2. The molecule has 31 heteroatoms. The van der Waals surface area contributed by atoms with E-state index in [1.54, 1.807) is 89.2 Å². The summed E-state index contributed by atoms with van der Waals surface area (Å²) >= 11 is 0. The van der Waals surface area contributed by atoms with Gasteiger partial charge in [-0.05, 0) is 99.4 Å². The lowest BCUT2D eigenvalue weighted by atomic mass is 9.86. The Morgan fingerprint density at radius 1 is 0.588 bits per heavy atom. The van der Waals surface area contributed by atoms with Crippen molar-refractivity contribution in [2.45, 2.75) is 241 Å². The van der Waals surface area contributed by atoms with Crippen LogP contribution in [-0.4, -0.2) is 191 Å². The maximum absolute atomic E-state index is 15.6. The molecule has 1 aliphatic rings. The van der Waals surface area contributed by atoms with E-state index in [-0.39, 0.29) is 68.4 Å². The molecule has 0 saturated carbocycles. The third-order valence-corrected chi connectivity index (χ3v) is 15.4. The Balaban J connectivity index is 3.15. The fourth-order valence-corrected chi connectivity index (χ4v) is 10.3. The molecule has 0 radical (unpaired) electrons. The fraction of sp³-hybridized carbons (Fsp3) is 0.712. The average molecular weight is 1370 g/mol. The normalized spacial score (nSPS) is 23.5. The first kappa shape index (κ1) is 84.9. The van der Waals surface area contributed by atoms with Crippen LogP contribution < -0.4 is 75.3 Å². The van der Waals surface area contributed by atoms with Crippen LogP contribution in [0.2, 0.25) is 0 Å². The Kier molecular flexibility index (Phi) is 34.4. The molecule has 0 spiro atoms. The van der Waals surface area contributed by atoms with E-state index in [0.29, 0.717) is 6.42 Å². The Labute approximate surface area is 570 Å². The standard InChI is InChI=1S/C66H113N15O16/c1-18-37(8)47-59(93)73-40(27-34(2)3)52(86)70-31-46(84)71-44(32-82)57(91)76-45(33-83)58(92)79-48(38-23-20-19-21-24-38)49(80-56(90)42(29-64(9,10)11)75-55(89)43(30-65(12,13)14)77-63(96)97-66(15,16)17)60(94)81-50(51(85)36(6)7)61(95)74-41(28-35(4)5)54(88)72-39(53(87)78-47)25-22-26-69-62(67)68/h19-21,23-24,34-37,39-45,47-51,82-83,85H,18,22,25-33H2,1-17H3,(H,70,86)(H,71,84)(H,72,88)(H,73,93)(H,74,95)(H,75,89)(H,76,91)(H,77,96)(H,78,87)(H,79,92)(H,80,90)(H,81,94)(H4,67,68,69)/t37-,39+,40-,41-,42-,43+,44-,45?,47-,48+,49-,50-,51+/m0/s1. The maximum atomic E-state index is 15.6. The van der Waals surface area contributed by atoms with Crippen molar-refractivity contribution in [2.75, 3.05) is 26.3 Å². The van der Waals surface area contributed by atoms with Crippen LogP contribution in [0, 0.1) is 34.5 Å². The smallest absolute Gasteiger partial charge is 0.408 e. The number of nitrogens with two attached hydrogens (primary N) is 2. The summed E-state index contributed by atoms with van der Waals surface area (Å²) in [5.74, 6) is -13.5. The number of carbonyl (C=O) groups is 12. The van der Waals surface area contributed by atoms with E-state index in [2.05, 4.69) is 68.8 Å². The molecule has 1 unspecified atom stereocenters. The molecular formula is C66H113N15O16. The van der Waals surface area contributed by atoms with Gasteiger partial charge in [0.25, 0.3) is 0 Å². The van der Waals surface area contributed by atoms with Gasteiger partial charge in [-0.2, -0.15) is 0 Å². The van der Waals surface area contributed by atoms with Gasteiger partial charge in [-0.1, -0.05) is 134 Å². The molecule has 2 rings (SSSR count). The topological polar surface area (TPSA) is 484 Å². The number of guanidine groups is 1. The Morgan fingerprint density at radius 2 is 1.05 bits per heavy atom. The number of aliphatic hydroxyl groups excluding tert-OH is 3. The minimum Gasteiger partial charge on any atom is -0.444 e. The van der Waals surface area contributed by atoms with Gasteiger partial charge in [0.1, 0.15) is 66.0 Å². The molecule has 548 valence electrons. The predicted molar refractivity (Wildman–Crippen MR) is 362 cm³/mol. The average Bonchev–Trinajstić information content (AvgIpc) is 0.814. The molecule has 1 aromatic carbocycles. The van der Waals surface area contributed by atoms with Crippen molar-refractivity contribution in [1.29, 1.82) is 0 Å². The second kappa shape index (κ2) is 39.3. The van der Waals surface area contributed by atoms with Crippen molar-refractivity contribution in [3.63, 3.8) is 0 Å². The monoisotopic (exact) mass is 1370 g/mol. The highest BCUT2D eigenvalue weighted by Crippen LogP contribution is 2.26. The SMILES string of the molecule is CC[C@H](C)[C@@H]1NC(=O)[C@@H](CCCN=C(N)N)NC(=O)[C@H](CC(C)C)NC(=O)[C@H]([C@H](O)C(C)C)NC(=O)[C@@H](NC(=O)[C@H](CC(C)(C)C)NC(=O)[C@@H](CC(C)(C)C)NC(=O)OC(C)(C)C)[C@@H](c2ccccc2)NC(=O)C(CO)NC(=O)[C@H](CO)NC(=O)CNC(=O)[C@H](CC(C)C)NC1=O. The van der Waals surface area contributed by atoms with E-state index in [0.717, 1.165) is 0 Å². The largest absolute Gasteiger partial charge is 0.444 e. The summed E-state index contributed by atoms with van der Waals surface area (Å²) in [6.07, 6.45) is -2.61. The lowest BCUT2D eigenvalue weighted by Gasteiger charge is -2.35. The lowest BCUT2D eigenvalue weighted by molar-refractivity contribution is -0.139. The van der Waals surface area contributed by atoms with Crippen molar-refractivity contribution in [1.82, 2.24) is 63.8 Å². The highest BCUT2D eigenvalue weighted by Gasteiger charge is 2.43. The highest BCUT2D eigenvalue weighted by atomic mass is 16.6. The summed E-state index contributed by atoms with van der Waals surface area (Å²) in [5.41, 5.74) is 8.93. The van der Waals surface area contributed by atoms with Crippen LogP contribution in [0.25, 0.3) is 0 Å². The second-order valence-electron chi connectivity index (χ2n) is 29.4. The van der Waals surface area contributed by atoms with E-state index in [1.807, 2.05) is 20.8 Å². The Bertz CT molecular complexity index is 2850. The van der Waals surface area contributed by atoms with Crippen LogP contribution >= 0.6 is 0 Å². The van der Waals surface area contributed by atoms with Crippen LogP contribution in [-0.2, 0) is 57.5 Å². The second-order valence-corrected chi connectivity index (χ2v) is 29.4. The number of alkyl carbamates (subject to hydrolysis) is 1. The highest BCUT2D eigenvalue weighted by molar-refractivity contribution is 6.00. The molecule has 0 aliphatic carbocycles. The first-order valence-corrected chi connectivity index (χ1v) is 33.2. The molecule has 1 saturated heterocycles. The van der Waals surface area contributed by atoms with Gasteiger partial charge in [-0.3, -0.25) is 57.7 Å². The number of nitrogens with one attached hydrogen (secondary N) is 12. The van der Waals surface area contributed by atoms with Crippen LogP contribution in [0.3, 0.4) is 0 Å². The number of aliphatic imine (C=N–C) groups is 1. The predicted octanol–water partition coefficient (Wildman–Crippen LogP) is -0.704. The molecule has 13 atom stereocenters. The van der Waals surface area contributed by atoms with Gasteiger partial charge in [0.2, 0.25) is 65.0 Å². The van der Waals surface area contributed by atoms with Gasteiger partial charge < -0.3 is 95.3 Å². The minimum absolute atomic E-state index is 0.00877. The Morgan fingerprint density at radius 3 is 1.55 bits per heavy atom. The number of nitrogens with zero attached hydrogens (tertiary/aromatic N) is 1. The van der Waals surface area contributed by atoms with Gasteiger partial charge in [-0.25, -0.2) is 4.79 Å². The number of rotatable bonds is 22. The molecule has 0 bridgehead atoms. The minimum atomic E-state index is -2.09. The fourth-order valence-electron chi connectivity index (χ4n) is 10.3. The molecule has 1 aliphatic heterocycles. The molecular weight excluding hydrogens is 1260 g/mol. The summed E-state index contributed by atoms with van der Waals surface area (Å²) in [4.78, 5) is 178. The Hall–Kier alpha value is -8.19. The molecule has 19 N–H and O–H groups in total. The molecule has 1 aromatic rings. The molecule has 12 amide bonds. The molecule has 0 aromatic heterocycles. The number of hydrogen-bond acceptors (Lipinski definition) is 17. The summed E-state index contributed by atoms with van der Waals surface area (Å²) in [5, 5.41) is 64.1. The number of amides is 12. The summed E-state index contributed by atoms with van der Waals surface area (Å²) < 4.78 is 5.49. The van der Waals surface area contributed by atoms with Gasteiger partial charge in [0.05, 0.1) is 31.9 Å². The van der Waals surface area contributed by atoms with Crippen molar-refractivity contribution < 1.29 is 77.6 Å². The summed E-state index contributed by atoms with van der Waals surface area (Å²) in [7, 11) is 0. The molecule has 1 fully saturated rings. The van der Waals surface area contributed by atoms with Crippen LogP contribution in [0.4, 0.5) is 4.79 Å². The first-order chi connectivity index (χ1) is 44.9. The van der Waals surface area contributed by atoms with Crippen LogP contribution in [0.5, 0.6) is 0 Å². The van der Waals surface area contributed by atoms with Crippen LogP contribution in [0.1, 0.15) is 174 Å². The van der Waals surface area contributed by atoms with E-state index in [9.17, 15) is 58.5 Å². The quantitative estimate of drug-likeness (QED) is 0.0388. The van der Waals surface area contributed by atoms with E-state index < -0.39 is 192 Å². The van der Waals surface area contributed by atoms with Gasteiger partial charge in [0.15, 0.2) is 5.96 Å². The third kappa shape index (κ3) is 30.8. The van der Waals surface area contributed by atoms with Gasteiger partial charge >= 0.3 is 6.09 Å². The van der Waals surface area contributed by atoms with Crippen LogP contribution in [0.15, 0.2) is 35.3 Å². The third-order valence-electron chi connectivity index (χ3n) is 15.4. The number of aliphatic hydroxyl groups is 3. The lowest BCUT2D eigenvalue weighted by Crippen LogP contribution is -2.65. The van der Waals surface area contributed by atoms with E-state index in [4.69, 9.17) is 16.2 Å². The molecule has 31 nitrogen and oxygen atoms in total. The van der Waals surface area contributed by atoms with Crippen molar-refractivity contribution in [2.24, 2.45) is 51.0 Å². The zero-order chi connectivity index (χ0) is 74.0. The van der Waals surface area contributed by atoms with E-state index in [1.165, 1.54) is 38.1 Å². The van der Waals surface area contributed by atoms with Gasteiger partial charge in [0, 0.05) is 6.54 Å². The van der Waals surface area contributed by atoms with Gasteiger partial charge in [-0.15, -0.1) is 0 Å². The molecule has 97 heavy (non-hydrogen) atoms. The maximum Gasteiger partial charge on any atom is 0.408 e. The number of carbonyl (C=O) groups excluding carboxylic acids is 12. The zero-order valence-corrected chi connectivity index (χ0v) is 59.7. The zero-order valence-electron chi connectivity index (χ0n) is 59.7.